The first-order valence-corrected chi connectivity index (χ1v) is 9.68. The Hall–Kier alpha value is -3.51. The molecule has 0 atom stereocenters. The molecule has 0 saturated carbocycles. The Morgan fingerprint density at radius 1 is 1.33 bits per heavy atom. The van der Waals surface area contributed by atoms with Gasteiger partial charge in [0.25, 0.3) is 5.91 Å². The van der Waals surface area contributed by atoms with Crippen molar-refractivity contribution < 1.29 is 23.8 Å². The molecule has 0 aliphatic carbocycles. The number of carbonyl (C=O) groups is 2. The minimum atomic E-state index is -0.845. The van der Waals surface area contributed by atoms with E-state index in [1.54, 1.807) is 36.0 Å². The third-order valence-electron chi connectivity index (χ3n) is 4.61. The highest BCUT2D eigenvalue weighted by molar-refractivity contribution is 9.10. The first-order valence-electron chi connectivity index (χ1n) is 8.89. The fourth-order valence-corrected chi connectivity index (χ4v) is 3.30. The van der Waals surface area contributed by atoms with Crippen LogP contribution in [-0.2, 0) is 16.1 Å². The molecule has 0 aliphatic heterocycles. The number of phenols is 1. The maximum Gasteiger partial charge on any atom is 0.342 e. The van der Waals surface area contributed by atoms with Gasteiger partial charge in [-0.3, -0.25) is 4.79 Å². The van der Waals surface area contributed by atoms with Gasteiger partial charge in [-0.05, 0) is 49.7 Å². The highest BCUT2D eigenvalue weighted by Gasteiger charge is 2.21. The predicted octanol–water partition coefficient (Wildman–Crippen LogP) is 3.88. The highest BCUT2D eigenvalue weighted by atomic mass is 79.9. The average Bonchev–Trinajstić information content (AvgIpc) is 3.31. The van der Waals surface area contributed by atoms with E-state index in [9.17, 15) is 20.0 Å². The van der Waals surface area contributed by atoms with Gasteiger partial charge in [-0.1, -0.05) is 15.9 Å². The maximum atomic E-state index is 12.4. The zero-order chi connectivity index (χ0) is 21.8. The molecule has 154 valence electrons. The van der Waals surface area contributed by atoms with Crippen molar-refractivity contribution in [2.45, 2.75) is 20.4 Å². The number of esters is 1. The molecule has 0 radical (unpaired) electrons. The second-order valence-electron chi connectivity index (χ2n) is 6.50. The fourth-order valence-electron chi connectivity index (χ4n) is 2.94. The Bertz CT molecular complexity index is 1140. The van der Waals surface area contributed by atoms with Gasteiger partial charge in [0.2, 0.25) is 0 Å². The van der Waals surface area contributed by atoms with Crippen LogP contribution in [0, 0.1) is 25.2 Å². The number of nitriles is 1. The molecule has 2 heterocycles. The summed E-state index contributed by atoms with van der Waals surface area (Å²) >= 11 is 3.21. The first kappa shape index (κ1) is 21.2. The molecular formula is C21H18BrN3O5. The summed E-state index contributed by atoms with van der Waals surface area (Å²) in [6.07, 6.45) is 1.54. The molecular weight excluding hydrogens is 454 g/mol. The number of benzene rings is 1. The van der Waals surface area contributed by atoms with E-state index in [0.29, 0.717) is 28.2 Å². The number of ether oxygens (including phenoxy) is 1. The van der Waals surface area contributed by atoms with Crippen LogP contribution in [0.15, 0.2) is 45.5 Å². The molecule has 0 aliphatic rings. The third-order valence-corrected chi connectivity index (χ3v) is 5.10. The minimum absolute atomic E-state index is 0.0669. The molecule has 2 aromatic heterocycles. The number of nitrogens with one attached hydrogen (secondary N) is 1. The van der Waals surface area contributed by atoms with Gasteiger partial charge in [-0.25, -0.2) is 4.79 Å². The minimum Gasteiger partial charge on any atom is -0.507 e. The van der Waals surface area contributed by atoms with Gasteiger partial charge in [0.1, 0.15) is 29.0 Å². The van der Waals surface area contributed by atoms with Crippen LogP contribution in [0.25, 0.3) is 0 Å². The van der Waals surface area contributed by atoms with Crippen molar-refractivity contribution in [3.05, 3.63) is 69.2 Å². The van der Waals surface area contributed by atoms with Gasteiger partial charge < -0.3 is 24.1 Å². The molecule has 0 unspecified atom stereocenters. The number of phenolic OH excluding ortho intramolecular Hbond substituents is 1. The molecule has 2 N–H and O–H groups in total. The zero-order valence-corrected chi connectivity index (χ0v) is 17.8. The summed E-state index contributed by atoms with van der Waals surface area (Å²) in [5, 5.41) is 22.0. The monoisotopic (exact) mass is 471 g/mol. The van der Waals surface area contributed by atoms with Crippen molar-refractivity contribution in [1.29, 1.82) is 5.26 Å². The first-order chi connectivity index (χ1) is 14.3. The van der Waals surface area contributed by atoms with E-state index in [-0.39, 0.29) is 11.3 Å². The number of anilines is 1. The lowest BCUT2D eigenvalue weighted by Crippen LogP contribution is -2.23. The van der Waals surface area contributed by atoms with Crippen LogP contribution in [0.5, 0.6) is 5.75 Å². The van der Waals surface area contributed by atoms with E-state index >= 15 is 0 Å². The number of aromatic nitrogens is 1. The molecule has 9 heteroatoms. The molecule has 0 fully saturated rings. The van der Waals surface area contributed by atoms with Crippen molar-refractivity contribution in [3.8, 4) is 11.8 Å². The zero-order valence-electron chi connectivity index (χ0n) is 16.2. The Balaban J connectivity index is 1.76. The van der Waals surface area contributed by atoms with Crippen LogP contribution in [0.3, 0.4) is 0 Å². The Morgan fingerprint density at radius 2 is 2.10 bits per heavy atom. The fraction of sp³-hybridized carbons (Fsp3) is 0.190. The second-order valence-corrected chi connectivity index (χ2v) is 7.41. The van der Waals surface area contributed by atoms with Crippen LogP contribution in [-0.4, -0.2) is 28.2 Å². The number of halogens is 1. The Labute approximate surface area is 180 Å². The van der Waals surface area contributed by atoms with Crippen molar-refractivity contribution in [1.82, 2.24) is 4.57 Å². The van der Waals surface area contributed by atoms with Crippen molar-refractivity contribution in [3.63, 3.8) is 0 Å². The van der Waals surface area contributed by atoms with Gasteiger partial charge in [-0.15, -0.1) is 0 Å². The van der Waals surface area contributed by atoms with E-state index in [2.05, 4.69) is 27.3 Å². The summed E-state index contributed by atoms with van der Waals surface area (Å²) in [5.74, 6) is -0.760. The summed E-state index contributed by atoms with van der Waals surface area (Å²) in [7, 11) is 0. The number of nitrogens with zero attached hydrogens (tertiary/aromatic N) is 2. The lowest BCUT2D eigenvalue weighted by Gasteiger charge is -2.12. The molecule has 1 amide bonds. The summed E-state index contributed by atoms with van der Waals surface area (Å²) < 4.78 is 12.7. The van der Waals surface area contributed by atoms with Gasteiger partial charge >= 0.3 is 5.97 Å². The largest absolute Gasteiger partial charge is 0.507 e. The normalized spacial score (nSPS) is 10.5. The number of furan rings is 1. The summed E-state index contributed by atoms with van der Waals surface area (Å²) in [5.41, 5.74) is 1.79. The van der Waals surface area contributed by atoms with Gasteiger partial charge in [-0.2, -0.15) is 5.26 Å². The van der Waals surface area contributed by atoms with Crippen LogP contribution in [0.2, 0.25) is 0 Å². The SMILES string of the molecule is Cc1c(C#N)c(NC(=O)COC(=O)c2cc(Br)ccc2O)n(Cc2ccco2)c1C. The molecule has 0 saturated heterocycles. The standard InChI is InChI=1S/C21H18BrN3O5/c1-12-13(2)25(10-15-4-3-7-29-15)20(17(12)9-23)24-19(27)11-30-21(28)16-8-14(22)5-6-18(16)26/h3-8,26H,10-11H2,1-2H3,(H,24,27). The summed E-state index contributed by atoms with van der Waals surface area (Å²) in [6.45, 7) is 3.37. The average molecular weight is 472 g/mol. The Kier molecular flexibility index (Phi) is 6.28. The molecule has 30 heavy (non-hydrogen) atoms. The molecule has 1 aromatic carbocycles. The van der Waals surface area contributed by atoms with Gasteiger partial charge in [0.15, 0.2) is 6.61 Å². The van der Waals surface area contributed by atoms with Crippen molar-refractivity contribution >= 4 is 33.6 Å². The van der Waals surface area contributed by atoms with Crippen LogP contribution < -0.4 is 5.32 Å². The van der Waals surface area contributed by atoms with Gasteiger partial charge in [0, 0.05) is 10.2 Å². The lowest BCUT2D eigenvalue weighted by atomic mass is 10.2. The highest BCUT2D eigenvalue weighted by Crippen LogP contribution is 2.27. The van der Waals surface area contributed by atoms with E-state index in [1.807, 2.05) is 6.92 Å². The second kappa shape index (κ2) is 8.88. The third kappa shape index (κ3) is 4.39. The van der Waals surface area contributed by atoms with Crippen molar-refractivity contribution in [2.75, 3.05) is 11.9 Å². The van der Waals surface area contributed by atoms with Crippen molar-refractivity contribution in [2.24, 2.45) is 0 Å². The summed E-state index contributed by atoms with van der Waals surface area (Å²) in [6, 6.07) is 9.95. The smallest absolute Gasteiger partial charge is 0.342 e. The molecule has 3 rings (SSSR count). The summed E-state index contributed by atoms with van der Waals surface area (Å²) in [4.78, 5) is 24.6. The van der Waals surface area contributed by atoms with Crippen LogP contribution in [0.4, 0.5) is 5.82 Å². The van der Waals surface area contributed by atoms with E-state index in [0.717, 1.165) is 11.3 Å². The van der Waals surface area contributed by atoms with E-state index in [1.165, 1.54) is 12.1 Å². The van der Waals surface area contributed by atoms with Crippen LogP contribution in [0.1, 0.15) is 32.9 Å². The number of aromatic hydroxyl groups is 1. The van der Waals surface area contributed by atoms with E-state index in [4.69, 9.17) is 9.15 Å². The maximum absolute atomic E-state index is 12.4. The predicted molar refractivity (Wildman–Crippen MR) is 111 cm³/mol. The molecule has 8 nitrogen and oxygen atoms in total. The Morgan fingerprint density at radius 3 is 2.77 bits per heavy atom. The number of hydrogen-bond donors (Lipinski definition) is 2. The topological polar surface area (TPSA) is 117 Å². The number of hydrogen-bond acceptors (Lipinski definition) is 6. The molecule has 0 bridgehead atoms. The number of amides is 1. The quantitative estimate of drug-likeness (QED) is 0.526. The molecule has 0 spiro atoms. The number of rotatable bonds is 6. The van der Waals surface area contributed by atoms with Crippen LogP contribution >= 0.6 is 15.9 Å². The van der Waals surface area contributed by atoms with Gasteiger partial charge in [0.05, 0.1) is 18.4 Å². The van der Waals surface area contributed by atoms with E-state index < -0.39 is 18.5 Å². The lowest BCUT2D eigenvalue weighted by molar-refractivity contribution is -0.119. The molecule has 3 aromatic rings. The number of carbonyl (C=O) groups excluding carboxylic acids is 2.